The van der Waals surface area contributed by atoms with Gasteiger partial charge in [0.25, 0.3) is 0 Å². The lowest BCUT2D eigenvalue weighted by atomic mass is 10.2. The molecule has 8 heteroatoms. The van der Waals surface area contributed by atoms with Crippen LogP contribution in [0.25, 0.3) is 0 Å². The predicted octanol–water partition coefficient (Wildman–Crippen LogP) is 2.88. The van der Waals surface area contributed by atoms with Crippen LogP contribution in [0.5, 0.6) is 5.75 Å². The first-order valence-corrected chi connectivity index (χ1v) is 5.24. The van der Waals surface area contributed by atoms with Gasteiger partial charge in [-0.2, -0.15) is 8.78 Å². The third-order valence-electron chi connectivity index (χ3n) is 2.08. The molecule has 20 heavy (non-hydrogen) atoms. The normalized spacial score (nSPS) is 10.3. The molecule has 0 heterocycles. The molecule has 0 aromatic heterocycles. The Morgan fingerprint density at radius 3 is 1.85 bits per heavy atom. The maximum atomic E-state index is 13.1. The number of benzene rings is 1. The van der Waals surface area contributed by atoms with Crippen LogP contribution in [0.1, 0.15) is 6.92 Å². The van der Waals surface area contributed by atoms with Crippen molar-refractivity contribution in [2.75, 3.05) is 13.2 Å². The van der Waals surface area contributed by atoms with Crippen molar-refractivity contribution >= 4 is 5.97 Å². The van der Waals surface area contributed by atoms with Crippen LogP contribution < -0.4 is 4.74 Å². The van der Waals surface area contributed by atoms with Gasteiger partial charge in [-0.15, -0.1) is 0 Å². The van der Waals surface area contributed by atoms with E-state index in [1.165, 1.54) is 6.92 Å². The van der Waals surface area contributed by atoms with E-state index in [2.05, 4.69) is 16.1 Å². The molecule has 0 atom stereocenters. The Labute approximate surface area is 110 Å². The van der Waals surface area contributed by atoms with Crippen molar-refractivity contribution in [3.8, 4) is 5.75 Å². The molecule has 1 rings (SSSR count). The van der Waals surface area contributed by atoms with Crippen LogP contribution in [0.4, 0.5) is 22.0 Å². The number of hydrogen-bond acceptors (Lipinski definition) is 3. The van der Waals surface area contributed by atoms with E-state index in [0.29, 0.717) is 0 Å². The smallest absolute Gasteiger partial charge is 0.333 e. The Balaban J connectivity index is 2.75. The SMILES string of the molecule is C=C(C)C(=O)OCCOc1c(F)c(F)c(F)c(F)c1F. The summed E-state index contributed by atoms with van der Waals surface area (Å²) in [4.78, 5) is 10.9. The van der Waals surface area contributed by atoms with Crippen molar-refractivity contribution in [2.24, 2.45) is 0 Å². The molecule has 1 aromatic rings. The summed E-state index contributed by atoms with van der Waals surface area (Å²) in [5.74, 6) is -12.9. The van der Waals surface area contributed by atoms with E-state index in [-0.39, 0.29) is 5.57 Å². The monoisotopic (exact) mass is 296 g/mol. The van der Waals surface area contributed by atoms with Gasteiger partial charge in [0, 0.05) is 5.57 Å². The molecule has 1 aromatic carbocycles. The maximum Gasteiger partial charge on any atom is 0.333 e. The molecule has 3 nitrogen and oxygen atoms in total. The van der Waals surface area contributed by atoms with E-state index >= 15 is 0 Å². The minimum atomic E-state index is -2.28. The maximum absolute atomic E-state index is 13.1. The van der Waals surface area contributed by atoms with E-state index in [1.807, 2.05) is 0 Å². The van der Waals surface area contributed by atoms with Gasteiger partial charge >= 0.3 is 5.97 Å². The Hall–Kier alpha value is -2.12. The Morgan fingerprint density at radius 1 is 0.950 bits per heavy atom. The van der Waals surface area contributed by atoms with Crippen molar-refractivity contribution < 1.29 is 36.2 Å². The highest BCUT2D eigenvalue weighted by Gasteiger charge is 2.26. The van der Waals surface area contributed by atoms with E-state index < -0.39 is 54.0 Å². The van der Waals surface area contributed by atoms with Gasteiger partial charge in [0.15, 0.2) is 5.75 Å². The van der Waals surface area contributed by atoms with Crippen LogP contribution in [0.3, 0.4) is 0 Å². The second-order valence-electron chi connectivity index (χ2n) is 3.66. The summed E-state index contributed by atoms with van der Waals surface area (Å²) < 4.78 is 73.6. The summed E-state index contributed by atoms with van der Waals surface area (Å²) in [6.07, 6.45) is 0. The summed E-state index contributed by atoms with van der Waals surface area (Å²) in [5.41, 5.74) is 0.0845. The minimum Gasteiger partial charge on any atom is -0.484 e. The van der Waals surface area contributed by atoms with E-state index in [9.17, 15) is 26.7 Å². The fraction of sp³-hybridized carbons (Fsp3) is 0.250. The van der Waals surface area contributed by atoms with Gasteiger partial charge in [-0.3, -0.25) is 0 Å². The zero-order chi connectivity index (χ0) is 15.4. The second-order valence-corrected chi connectivity index (χ2v) is 3.66. The molecular formula is C12H9F5O3. The summed E-state index contributed by atoms with van der Waals surface area (Å²) in [5, 5.41) is 0. The molecule has 0 aliphatic rings. The van der Waals surface area contributed by atoms with Crippen molar-refractivity contribution in [2.45, 2.75) is 6.92 Å². The number of esters is 1. The number of rotatable bonds is 5. The second kappa shape index (κ2) is 6.36. The fourth-order valence-electron chi connectivity index (χ4n) is 1.11. The predicted molar refractivity (Wildman–Crippen MR) is 57.5 cm³/mol. The molecule has 0 aliphatic heterocycles. The average Bonchev–Trinajstić information content (AvgIpc) is 2.41. The van der Waals surface area contributed by atoms with Crippen molar-refractivity contribution in [3.05, 3.63) is 41.2 Å². The quantitative estimate of drug-likeness (QED) is 0.209. The number of halogens is 5. The topological polar surface area (TPSA) is 35.5 Å². The first-order valence-electron chi connectivity index (χ1n) is 5.24. The van der Waals surface area contributed by atoms with Gasteiger partial charge in [0.1, 0.15) is 13.2 Å². The fourth-order valence-corrected chi connectivity index (χ4v) is 1.11. The lowest BCUT2D eigenvalue weighted by Crippen LogP contribution is -2.14. The molecule has 0 spiro atoms. The molecule has 0 radical (unpaired) electrons. The Kier molecular flexibility index (Phi) is 5.06. The van der Waals surface area contributed by atoms with Crippen LogP contribution in [0, 0.1) is 29.1 Å². The number of carbonyl (C=O) groups excluding carboxylic acids is 1. The lowest BCUT2D eigenvalue weighted by Gasteiger charge is -2.10. The van der Waals surface area contributed by atoms with Crippen molar-refractivity contribution in [3.63, 3.8) is 0 Å². The number of ether oxygens (including phenoxy) is 2. The van der Waals surface area contributed by atoms with E-state index in [1.54, 1.807) is 0 Å². The highest BCUT2D eigenvalue weighted by Crippen LogP contribution is 2.28. The van der Waals surface area contributed by atoms with Gasteiger partial charge in [0.2, 0.25) is 29.1 Å². The number of carbonyl (C=O) groups is 1. The van der Waals surface area contributed by atoms with Crippen LogP contribution in [0.2, 0.25) is 0 Å². The minimum absolute atomic E-state index is 0.0845. The van der Waals surface area contributed by atoms with Gasteiger partial charge in [0.05, 0.1) is 0 Å². The zero-order valence-electron chi connectivity index (χ0n) is 10.2. The summed E-state index contributed by atoms with van der Waals surface area (Å²) in [6, 6.07) is 0. The standard InChI is InChI=1S/C12H9F5O3/c1-5(2)12(18)20-4-3-19-11-9(16)7(14)6(13)8(15)10(11)17/h1,3-4H2,2H3. The Morgan fingerprint density at radius 2 is 1.40 bits per heavy atom. The van der Waals surface area contributed by atoms with Crippen LogP contribution >= 0.6 is 0 Å². The van der Waals surface area contributed by atoms with Crippen LogP contribution in [0.15, 0.2) is 12.2 Å². The van der Waals surface area contributed by atoms with Gasteiger partial charge in [-0.05, 0) is 6.92 Å². The van der Waals surface area contributed by atoms with Crippen molar-refractivity contribution in [1.82, 2.24) is 0 Å². The van der Waals surface area contributed by atoms with Gasteiger partial charge in [-0.25, -0.2) is 18.0 Å². The third kappa shape index (κ3) is 3.25. The molecule has 0 bridgehead atoms. The number of hydrogen-bond donors (Lipinski definition) is 0. The van der Waals surface area contributed by atoms with Crippen LogP contribution in [-0.2, 0) is 9.53 Å². The third-order valence-corrected chi connectivity index (χ3v) is 2.08. The first-order chi connectivity index (χ1) is 9.27. The van der Waals surface area contributed by atoms with Gasteiger partial charge in [-0.1, -0.05) is 6.58 Å². The molecule has 0 amide bonds. The summed E-state index contributed by atoms with van der Waals surface area (Å²) in [6.45, 7) is 3.62. The molecule has 0 unspecified atom stereocenters. The molecule has 0 fully saturated rings. The highest BCUT2D eigenvalue weighted by atomic mass is 19.2. The van der Waals surface area contributed by atoms with Crippen molar-refractivity contribution in [1.29, 1.82) is 0 Å². The first kappa shape index (κ1) is 15.9. The molecule has 0 saturated heterocycles. The molecular weight excluding hydrogens is 287 g/mol. The van der Waals surface area contributed by atoms with E-state index in [0.717, 1.165) is 0 Å². The summed E-state index contributed by atoms with van der Waals surface area (Å²) >= 11 is 0. The largest absolute Gasteiger partial charge is 0.484 e. The molecule has 110 valence electrons. The highest BCUT2D eigenvalue weighted by molar-refractivity contribution is 5.86. The molecule has 0 saturated carbocycles. The van der Waals surface area contributed by atoms with Gasteiger partial charge < -0.3 is 9.47 Å². The van der Waals surface area contributed by atoms with Crippen LogP contribution in [-0.4, -0.2) is 19.2 Å². The zero-order valence-corrected chi connectivity index (χ0v) is 10.2. The summed E-state index contributed by atoms with van der Waals surface area (Å²) in [7, 11) is 0. The average molecular weight is 296 g/mol. The lowest BCUT2D eigenvalue weighted by molar-refractivity contribution is -0.139. The van der Waals surface area contributed by atoms with E-state index in [4.69, 9.17) is 0 Å². The Bertz CT molecular complexity index is 528. The molecule has 0 N–H and O–H groups in total. The molecule has 0 aliphatic carbocycles.